The number of hydrogen-bond acceptors (Lipinski definition) is 6. The molecular weight excluding hydrogens is 471 g/mol. The van der Waals surface area contributed by atoms with Crippen LogP contribution in [0.1, 0.15) is 36.9 Å². The fourth-order valence-electron chi connectivity index (χ4n) is 5.36. The van der Waals surface area contributed by atoms with Gasteiger partial charge in [0.25, 0.3) is 6.01 Å². The van der Waals surface area contributed by atoms with Gasteiger partial charge in [0.15, 0.2) is 5.58 Å². The van der Waals surface area contributed by atoms with Crippen molar-refractivity contribution in [3.05, 3.63) is 51.5 Å². The van der Waals surface area contributed by atoms with Gasteiger partial charge >= 0.3 is 0 Å². The van der Waals surface area contributed by atoms with Gasteiger partial charge in [-0.3, -0.25) is 0 Å². The molecule has 5 rings (SSSR count). The molecule has 2 fully saturated rings. The first-order chi connectivity index (χ1) is 16.4. The minimum atomic E-state index is -0.0233. The molecule has 2 N–H and O–H groups in total. The second-order valence-corrected chi connectivity index (χ2v) is 10.6. The first kappa shape index (κ1) is 23.7. The number of likely N-dealkylation sites (tertiary alicyclic amines) is 1. The van der Waals surface area contributed by atoms with Crippen molar-refractivity contribution in [2.24, 2.45) is 11.8 Å². The van der Waals surface area contributed by atoms with Crippen LogP contribution >= 0.6 is 23.2 Å². The Balaban J connectivity index is 1.30. The number of aliphatic hydroxyl groups excluding tert-OH is 1. The number of nitrogens with zero attached hydrogens (tertiary/aromatic N) is 3. The van der Waals surface area contributed by atoms with Crippen molar-refractivity contribution in [2.75, 3.05) is 49.5 Å². The predicted octanol–water partition coefficient (Wildman–Crippen LogP) is 5.76. The molecule has 0 spiro atoms. The highest BCUT2D eigenvalue weighted by Crippen LogP contribution is 2.38. The van der Waals surface area contributed by atoms with Gasteiger partial charge in [-0.15, -0.1) is 0 Å². The van der Waals surface area contributed by atoms with Gasteiger partial charge in [0.2, 0.25) is 0 Å². The van der Waals surface area contributed by atoms with Crippen molar-refractivity contribution in [2.45, 2.75) is 32.7 Å². The Bertz CT molecular complexity index is 1160. The van der Waals surface area contributed by atoms with Crippen LogP contribution in [0.3, 0.4) is 0 Å². The number of hydrogen-bond donors (Lipinski definition) is 2. The van der Waals surface area contributed by atoms with Gasteiger partial charge in [-0.2, -0.15) is 4.98 Å². The highest BCUT2D eigenvalue weighted by atomic mass is 35.5. The molecule has 2 aliphatic heterocycles. The van der Waals surface area contributed by atoms with E-state index in [0.29, 0.717) is 27.9 Å². The largest absolute Gasteiger partial charge is 0.421 e. The summed E-state index contributed by atoms with van der Waals surface area (Å²) in [5.41, 5.74) is 4.65. The summed E-state index contributed by atoms with van der Waals surface area (Å²) in [4.78, 5) is 9.46. The summed E-state index contributed by atoms with van der Waals surface area (Å²) in [6.45, 7) is 9.31. The molecule has 6 nitrogen and oxygen atoms in total. The first-order valence-corrected chi connectivity index (χ1v) is 12.9. The van der Waals surface area contributed by atoms with E-state index in [4.69, 9.17) is 32.6 Å². The number of aliphatic hydroxyl groups is 1. The van der Waals surface area contributed by atoms with Crippen molar-refractivity contribution in [1.29, 1.82) is 0 Å². The number of aryl methyl sites for hydroxylation is 1. The number of oxazole rings is 1. The summed E-state index contributed by atoms with van der Waals surface area (Å²) in [7, 11) is 0. The minimum absolute atomic E-state index is 0.0233. The minimum Gasteiger partial charge on any atom is -0.421 e. The number of fused-ring (bicyclic) bond motifs is 1. The molecule has 3 heterocycles. The van der Waals surface area contributed by atoms with Gasteiger partial charge < -0.3 is 24.6 Å². The summed E-state index contributed by atoms with van der Waals surface area (Å²) < 4.78 is 6.29. The maximum Gasteiger partial charge on any atom is 0.298 e. The third-order valence-electron chi connectivity index (χ3n) is 7.23. The number of benzene rings is 2. The van der Waals surface area contributed by atoms with Crippen LogP contribution in [0.2, 0.25) is 10.0 Å². The Morgan fingerprint density at radius 3 is 2.76 bits per heavy atom. The molecule has 8 heteroatoms. The number of nitrogens with one attached hydrogen (secondary N) is 1. The standard InChI is InChI=1S/C26H32Cl2N4O2/c1-16-10-23(29-17(2)21-6-5-20(27)12-22(21)28)25-24(11-16)30-26(34-25)32-14-19(15-32)18-4-3-7-31(13-18)8-9-33/h5-6,10-12,17-19,29,33H,3-4,7-9,13-15H2,1-2H3/t17-,18+/m1/s1. The SMILES string of the molecule is Cc1cc(N[C@H](C)c2ccc(Cl)cc2Cl)c2oc(N3CC([C@H]4CCCN(CCO)C4)C3)nc2c1. The third kappa shape index (κ3) is 4.87. The van der Waals surface area contributed by atoms with Crippen LogP contribution in [0.5, 0.6) is 0 Å². The summed E-state index contributed by atoms with van der Waals surface area (Å²) in [6, 6.07) is 10.4. The summed E-state index contributed by atoms with van der Waals surface area (Å²) in [5.74, 6) is 1.34. The van der Waals surface area contributed by atoms with E-state index in [2.05, 4.69) is 41.1 Å². The lowest BCUT2D eigenvalue weighted by molar-refractivity contribution is 0.100. The van der Waals surface area contributed by atoms with Crippen molar-refractivity contribution >= 4 is 46.0 Å². The summed E-state index contributed by atoms with van der Waals surface area (Å²) >= 11 is 12.5. The topological polar surface area (TPSA) is 64.8 Å². The average Bonchev–Trinajstić information content (AvgIpc) is 3.16. The van der Waals surface area contributed by atoms with Crippen LogP contribution in [-0.4, -0.2) is 54.3 Å². The van der Waals surface area contributed by atoms with Crippen LogP contribution in [0.15, 0.2) is 34.7 Å². The highest BCUT2D eigenvalue weighted by molar-refractivity contribution is 6.35. The molecule has 182 valence electrons. The van der Waals surface area contributed by atoms with E-state index < -0.39 is 0 Å². The lowest BCUT2D eigenvalue weighted by Crippen LogP contribution is -2.53. The lowest BCUT2D eigenvalue weighted by Gasteiger charge is -2.45. The van der Waals surface area contributed by atoms with E-state index in [9.17, 15) is 5.11 Å². The molecule has 2 aliphatic rings. The molecule has 2 aromatic carbocycles. The third-order valence-corrected chi connectivity index (χ3v) is 7.79. The Labute approximate surface area is 210 Å². The molecule has 34 heavy (non-hydrogen) atoms. The number of piperidine rings is 1. The normalized spacial score (nSPS) is 20.5. The van der Waals surface area contributed by atoms with Crippen LogP contribution in [0.25, 0.3) is 11.1 Å². The monoisotopic (exact) mass is 502 g/mol. The maximum atomic E-state index is 9.27. The molecule has 0 saturated carbocycles. The zero-order valence-electron chi connectivity index (χ0n) is 19.7. The first-order valence-electron chi connectivity index (χ1n) is 12.1. The Kier molecular flexibility index (Phi) is 6.94. The zero-order valence-corrected chi connectivity index (χ0v) is 21.2. The lowest BCUT2D eigenvalue weighted by atomic mass is 9.81. The summed E-state index contributed by atoms with van der Waals surface area (Å²) in [5, 5.41) is 14.1. The molecular formula is C26H32Cl2N4O2. The molecule has 2 saturated heterocycles. The molecule has 0 bridgehead atoms. The molecule has 3 aromatic rings. The van der Waals surface area contributed by atoms with Gasteiger partial charge in [-0.05, 0) is 80.5 Å². The molecule has 1 aromatic heterocycles. The molecule has 0 aliphatic carbocycles. The fourth-order valence-corrected chi connectivity index (χ4v) is 5.93. The van der Waals surface area contributed by atoms with E-state index in [0.717, 1.165) is 60.6 Å². The van der Waals surface area contributed by atoms with E-state index in [1.807, 2.05) is 12.1 Å². The fraction of sp³-hybridized carbons (Fsp3) is 0.500. The maximum absolute atomic E-state index is 9.27. The predicted molar refractivity (Wildman–Crippen MR) is 139 cm³/mol. The molecule has 0 radical (unpaired) electrons. The number of aromatic nitrogens is 1. The second kappa shape index (κ2) is 9.94. The van der Waals surface area contributed by atoms with Crippen LogP contribution in [0, 0.1) is 18.8 Å². The van der Waals surface area contributed by atoms with Crippen LogP contribution in [0.4, 0.5) is 11.7 Å². The number of β-amino-alcohol motifs (C(OH)–C–C–N with tert-alkyl or cyclic N) is 1. The van der Waals surface area contributed by atoms with Gasteiger partial charge in [0.05, 0.1) is 18.3 Å². The number of halogens is 2. The van der Waals surface area contributed by atoms with E-state index in [1.165, 1.54) is 12.8 Å². The van der Waals surface area contributed by atoms with Gasteiger partial charge in [0, 0.05) is 36.2 Å². The van der Waals surface area contributed by atoms with E-state index in [-0.39, 0.29) is 12.6 Å². The van der Waals surface area contributed by atoms with Crippen LogP contribution in [-0.2, 0) is 0 Å². The smallest absolute Gasteiger partial charge is 0.298 e. The van der Waals surface area contributed by atoms with Crippen LogP contribution < -0.4 is 10.2 Å². The van der Waals surface area contributed by atoms with Gasteiger partial charge in [-0.25, -0.2) is 0 Å². The second-order valence-electron chi connectivity index (χ2n) is 9.78. The Hall–Kier alpha value is -1.99. The highest BCUT2D eigenvalue weighted by Gasteiger charge is 2.37. The quantitative estimate of drug-likeness (QED) is 0.428. The summed E-state index contributed by atoms with van der Waals surface area (Å²) in [6.07, 6.45) is 2.49. The van der Waals surface area contributed by atoms with Crippen molar-refractivity contribution in [3.8, 4) is 0 Å². The molecule has 2 atom stereocenters. The zero-order chi connectivity index (χ0) is 23.8. The molecule has 0 unspecified atom stereocenters. The number of anilines is 2. The van der Waals surface area contributed by atoms with E-state index in [1.54, 1.807) is 6.07 Å². The number of rotatable bonds is 7. The van der Waals surface area contributed by atoms with Gasteiger partial charge in [0.1, 0.15) is 5.52 Å². The van der Waals surface area contributed by atoms with Crippen molar-refractivity contribution in [1.82, 2.24) is 9.88 Å². The molecule has 0 amide bonds. The van der Waals surface area contributed by atoms with Crippen molar-refractivity contribution in [3.63, 3.8) is 0 Å². The average molecular weight is 503 g/mol. The van der Waals surface area contributed by atoms with Crippen molar-refractivity contribution < 1.29 is 9.52 Å². The Morgan fingerprint density at radius 1 is 1.18 bits per heavy atom. The van der Waals surface area contributed by atoms with Gasteiger partial charge in [-0.1, -0.05) is 29.3 Å². The van der Waals surface area contributed by atoms with E-state index >= 15 is 0 Å². The Morgan fingerprint density at radius 2 is 2.00 bits per heavy atom.